The van der Waals surface area contributed by atoms with Gasteiger partial charge in [0.05, 0.1) is 0 Å². The van der Waals surface area contributed by atoms with Crippen LogP contribution < -0.4 is 4.90 Å². The summed E-state index contributed by atoms with van der Waals surface area (Å²) < 4.78 is 22.8. The Morgan fingerprint density at radius 1 is 1.00 bits per heavy atom. The highest BCUT2D eigenvalue weighted by atomic mass is 32.2. The fraction of sp³-hybridized carbons (Fsp3) is 0.167. The van der Waals surface area contributed by atoms with Crippen LogP contribution in [0.5, 0.6) is 0 Å². The zero-order valence-corrected chi connectivity index (χ0v) is 10.5. The van der Waals surface area contributed by atoms with Crippen molar-refractivity contribution in [1.29, 1.82) is 4.78 Å². The van der Waals surface area contributed by atoms with Gasteiger partial charge in [-0.1, -0.05) is 36.4 Å². The minimum Gasteiger partial charge on any atom is -0.377 e. The molecule has 17 heavy (non-hydrogen) atoms. The third-order valence-electron chi connectivity index (χ3n) is 2.25. The molecule has 0 aliphatic carbocycles. The molecule has 2 aromatic carbocycles. The summed E-state index contributed by atoms with van der Waals surface area (Å²) in [5.41, 5.74) is 1.28. The maximum atomic E-state index is 8.67. The van der Waals surface area contributed by atoms with Crippen molar-refractivity contribution in [2.24, 2.45) is 0 Å². The molecular weight excluding hydrogens is 236 g/mol. The summed E-state index contributed by atoms with van der Waals surface area (Å²) in [5, 5.41) is 2.61. The van der Waals surface area contributed by atoms with Gasteiger partial charge in [-0.3, -0.25) is 0 Å². The molecule has 2 aromatic rings. The van der Waals surface area contributed by atoms with E-state index >= 15 is 0 Å². The first-order chi connectivity index (χ1) is 8.02. The van der Waals surface area contributed by atoms with Gasteiger partial charge in [-0.05, 0) is 11.5 Å². The van der Waals surface area contributed by atoms with Crippen molar-refractivity contribution >= 4 is 27.0 Å². The lowest BCUT2D eigenvalue weighted by atomic mass is 10.1. The van der Waals surface area contributed by atoms with Crippen molar-refractivity contribution in [2.45, 2.75) is 0 Å². The number of nitrogens with zero attached hydrogens (tertiary/aromatic N) is 1. The second-order valence-electron chi connectivity index (χ2n) is 3.63. The molecule has 2 rings (SSSR count). The van der Waals surface area contributed by atoms with Crippen LogP contribution in [-0.4, -0.2) is 22.5 Å². The molecule has 0 spiro atoms. The molecule has 1 N–H and O–H groups in total. The van der Waals surface area contributed by atoms with Crippen LogP contribution in [0.2, 0.25) is 0 Å². The summed E-state index contributed by atoms with van der Waals surface area (Å²) in [4.78, 5) is 2.14. The summed E-state index contributed by atoms with van der Waals surface area (Å²) in [6.45, 7) is 0. The predicted octanol–water partition coefficient (Wildman–Crippen LogP) is 2.53. The summed E-state index contributed by atoms with van der Waals surface area (Å²) >= 11 is 0. The molecule has 0 amide bonds. The van der Waals surface area contributed by atoms with E-state index in [1.54, 1.807) is 0 Å². The van der Waals surface area contributed by atoms with Crippen molar-refractivity contribution in [2.75, 3.05) is 19.0 Å². The zero-order valence-electron chi connectivity index (χ0n) is 9.71. The average molecular weight is 250 g/mol. The van der Waals surface area contributed by atoms with Crippen LogP contribution in [0, 0.1) is 4.78 Å². The average Bonchev–Trinajstić information content (AvgIpc) is 2.27. The number of nitrogens with one attached hydrogen (secondary N) is 1. The Hall–Kier alpha value is -1.88. The van der Waals surface area contributed by atoms with Gasteiger partial charge in [0, 0.05) is 25.2 Å². The van der Waals surface area contributed by atoms with Gasteiger partial charge < -0.3 is 4.90 Å². The molecule has 0 fully saturated rings. The Kier molecular flexibility index (Phi) is 4.66. The maximum absolute atomic E-state index is 8.67. The predicted molar refractivity (Wildman–Crippen MR) is 69.9 cm³/mol. The quantitative estimate of drug-likeness (QED) is 0.846. The summed E-state index contributed by atoms with van der Waals surface area (Å²) in [6.07, 6.45) is 0. The number of benzene rings is 2. The second kappa shape index (κ2) is 6.00. The van der Waals surface area contributed by atoms with E-state index in [9.17, 15) is 0 Å². The molecule has 90 valence electrons. The SMILES string of the molecule is CN(C)c1cccc2ccccc12.N=S(=O)=O. The molecule has 0 saturated carbocycles. The van der Waals surface area contributed by atoms with Crippen LogP contribution >= 0.6 is 0 Å². The Morgan fingerprint density at radius 3 is 2.12 bits per heavy atom. The van der Waals surface area contributed by atoms with Crippen LogP contribution in [0.4, 0.5) is 5.69 Å². The van der Waals surface area contributed by atoms with Gasteiger partial charge in [0.25, 0.3) is 0 Å². The number of fused-ring (bicyclic) bond motifs is 1. The molecular formula is C12H14N2O2S. The number of rotatable bonds is 1. The molecule has 0 heterocycles. The van der Waals surface area contributed by atoms with Gasteiger partial charge >= 0.3 is 10.5 Å². The molecule has 0 radical (unpaired) electrons. The molecule has 0 aliphatic rings. The van der Waals surface area contributed by atoms with Gasteiger partial charge in [0.2, 0.25) is 0 Å². The van der Waals surface area contributed by atoms with Crippen molar-refractivity contribution in [3.8, 4) is 0 Å². The van der Waals surface area contributed by atoms with E-state index in [0.717, 1.165) is 0 Å². The van der Waals surface area contributed by atoms with Gasteiger partial charge in [-0.15, -0.1) is 0 Å². The normalized spacial score (nSPS) is 9.29. The smallest absolute Gasteiger partial charge is 0.308 e. The van der Waals surface area contributed by atoms with Crippen molar-refractivity contribution < 1.29 is 8.42 Å². The van der Waals surface area contributed by atoms with E-state index in [2.05, 4.69) is 61.5 Å². The molecule has 4 nitrogen and oxygen atoms in total. The fourth-order valence-corrected chi connectivity index (χ4v) is 1.60. The third-order valence-corrected chi connectivity index (χ3v) is 2.25. The molecule has 0 aliphatic heterocycles. The summed E-state index contributed by atoms with van der Waals surface area (Å²) in [6, 6.07) is 14.8. The van der Waals surface area contributed by atoms with E-state index in [1.165, 1.54) is 16.5 Å². The number of anilines is 1. The highest BCUT2D eigenvalue weighted by Crippen LogP contribution is 2.24. The topological polar surface area (TPSA) is 61.2 Å². The van der Waals surface area contributed by atoms with Gasteiger partial charge in [-0.25, -0.2) is 0 Å². The molecule has 0 unspecified atom stereocenters. The second-order valence-corrected chi connectivity index (χ2v) is 4.10. The molecule has 5 heteroatoms. The highest BCUT2D eigenvalue weighted by molar-refractivity contribution is 7.60. The molecule has 0 bridgehead atoms. The first-order valence-electron chi connectivity index (χ1n) is 4.98. The van der Waals surface area contributed by atoms with Crippen LogP contribution in [0.3, 0.4) is 0 Å². The van der Waals surface area contributed by atoms with Crippen LogP contribution in [0.15, 0.2) is 42.5 Å². The lowest BCUT2D eigenvalue weighted by Crippen LogP contribution is -2.08. The lowest BCUT2D eigenvalue weighted by Gasteiger charge is -2.14. The number of hydrogen-bond donors (Lipinski definition) is 1. The van der Waals surface area contributed by atoms with Crippen molar-refractivity contribution in [1.82, 2.24) is 0 Å². The van der Waals surface area contributed by atoms with E-state index < -0.39 is 10.5 Å². The van der Waals surface area contributed by atoms with E-state index in [1.807, 2.05) is 0 Å². The fourth-order valence-electron chi connectivity index (χ4n) is 1.60. The summed E-state index contributed by atoms with van der Waals surface area (Å²) in [5.74, 6) is 0. The minimum atomic E-state index is -2.61. The summed E-state index contributed by atoms with van der Waals surface area (Å²) in [7, 11) is 1.53. The monoisotopic (exact) mass is 250 g/mol. The minimum absolute atomic E-state index is 1.28. The van der Waals surface area contributed by atoms with Gasteiger partial charge in [-0.2, -0.15) is 13.2 Å². The van der Waals surface area contributed by atoms with E-state index in [-0.39, 0.29) is 0 Å². The first kappa shape index (κ1) is 13.2. The van der Waals surface area contributed by atoms with Gasteiger partial charge in [0.15, 0.2) is 0 Å². The Labute approximate surface area is 102 Å². The lowest BCUT2D eigenvalue weighted by molar-refractivity contribution is 0.620. The zero-order chi connectivity index (χ0) is 12.8. The molecule has 0 aromatic heterocycles. The largest absolute Gasteiger partial charge is 0.377 e. The molecule has 0 saturated heterocycles. The van der Waals surface area contributed by atoms with Crippen LogP contribution in [-0.2, 0) is 10.5 Å². The van der Waals surface area contributed by atoms with Crippen molar-refractivity contribution in [3.63, 3.8) is 0 Å². The van der Waals surface area contributed by atoms with Crippen LogP contribution in [0.1, 0.15) is 0 Å². The maximum Gasteiger partial charge on any atom is 0.308 e. The van der Waals surface area contributed by atoms with E-state index in [4.69, 9.17) is 13.2 Å². The standard InChI is InChI=1S/C12H13N.HNO2S/c1-13(2)12-9-5-7-10-6-3-4-8-11(10)12;1-4(2)3/h3-9H,1-2H3;1H. The number of hydrogen-bond acceptors (Lipinski definition) is 4. The Bertz CT molecular complexity index is 594. The van der Waals surface area contributed by atoms with Crippen LogP contribution in [0.25, 0.3) is 10.8 Å². The Morgan fingerprint density at radius 2 is 1.53 bits per heavy atom. The van der Waals surface area contributed by atoms with Crippen molar-refractivity contribution in [3.05, 3.63) is 42.5 Å². The Balaban J connectivity index is 0.000000317. The van der Waals surface area contributed by atoms with Gasteiger partial charge in [0.1, 0.15) is 0 Å². The highest BCUT2D eigenvalue weighted by Gasteiger charge is 1.99. The van der Waals surface area contributed by atoms with E-state index in [0.29, 0.717) is 0 Å². The first-order valence-corrected chi connectivity index (χ1v) is 6.05. The third kappa shape index (κ3) is 3.88. The molecule has 0 atom stereocenters.